The standard InChI is InChI=1S/C17H24ClN3O2/c1-17(2)8-7-13-12(9-17)15(18)20-14(19-13)10-21(16(22)23)11-5-3-4-6-11/h11H,3-10H2,1-2H3,(H,22,23). The fraction of sp³-hybridized carbons (Fsp3) is 0.706. The van der Waals surface area contributed by atoms with Gasteiger partial charge in [-0.25, -0.2) is 14.8 Å². The lowest BCUT2D eigenvalue weighted by atomic mass is 9.76. The van der Waals surface area contributed by atoms with E-state index < -0.39 is 6.09 Å². The molecule has 1 fully saturated rings. The minimum Gasteiger partial charge on any atom is -0.465 e. The third-order valence-electron chi connectivity index (χ3n) is 5.11. The van der Waals surface area contributed by atoms with Gasteiger partial charge in [-0.15, -0.1) is 0 Å². The average Bonchev–Trinajstić information content (AvgIpc) is 2.99. The van der Waals surface area contributed by atoms with Gasteiger partial charge in [-0.3, -0.25) is 4.90 Å². The average molecular weight is 338 g/mol. The molecule has 23 heavy (non-hydrogen) atoms. The molecule has 1 N–H and O–H groups in total. The van der Waals surface area contributed by atoms with Crippen LogP contribution >= 0.6 is 11.6 Å². The van der Waals surface area contributed by atoms with Crippen molar-refractivity contribution in [2.24, 2.45) is 5.41 Å². The van der Waals surface area contributed by atoms with Crippen molar-refractivity contribution >= 4 is 17.7 Å². The summed E-state index contributed by atoms with van der Waals surface area (Å²) in [7, 11) is 0. The van der Waals surface area contributed by atoms with E-state index in [1.165, 1.54) is 4.90 Å². The highest BCUT2D eigenvalue weighted by Gasteiger charge is 2.31. The second kappa shape index (κ2) is 6.27. The Morgan fingerprint density at radius 3 is 2.70 bits per heavy atom. The van der Waals surface area contributed by atoms with E-state index in [9.17, 15) is 9.90 Å². The number of halogens is 1. The molecular formula is C17H24ClN3O2. The Labute approximate surface area is 142 Å². The van der Waals surface area contributed by atoms with Crippen LogP contribution in [0.3, 0.4) is 0 Å². The summed E-state index contributed by atoms with van der Waals surface area (Å²) in [5, 5.41) is 10.0. The van der Waals surface area contributed by atoms with Gasteiger partial charge in [-0.2, -0.15) is 0 Å². The summed E-state index contributed by atoms with van der Waals surface area (Å²) in [6, 6.07) is 0.0878. The number of nitrogens with zero attached hydrogens (tertiary/aromatic N) is 3. The Bertz CT molecular complexity index is 612. The van der Waals surface area contributed by atoms with Crippen LogP contribution in [-0.4, -0.2) is 32.1 Å². The predicted octanol–water partition coefficient (Wildman–Crippen LogP) is 4.07. The number of amides is 1. The minimum absolute atomic E-state index is 0.0878. The Morgan fingerprint density at radius 2 is 2.04 bits per heavy atom. The molecule has 1 aromatic heterocycles. The summed E-state index contributed by atoms with van der Waals surface area (Å²) in [5.41, 5.74) is 2.25. The van der Waals surface area contributed by atoms with Gasteiger partial charge in [0.1, 0.15) is 11.0 Å². The summed E-state index contributed by atoms with van der Waals surface area (Å²) >= 11 is 6.38. The van der Waals surface area contributed by atoms with Gasteiger partial charge in [0, 0.05) is 17.3 Å². The predicted molar refractivity (Wildman–Crippen MR) is 88.7 cm³/mol. The maximum atomic E-state index is 11.6. The molecule has 0 aromatic carbocycles. The van der Waals surface area contributed by atoms with E-state index in [4.69, 9.17) is 11.6 Å². The van der Waals surface area contributed by atoms with Crippen LogP contribution in [0.1, 0.15) is 63.0 Å². The lowest BCUT2D eigenvalue weighted by Gasteiger charge is -2.31. The van der Waals surface area contributed by atoms with E-state index in [-0.39, 0.29) is 18.0 Å². The molecular weight excluding hydrogens is 314 g/mol. The highest BCUT2D eigenvalue weighted by atomic mass is 35.5. The molecule has 1 saturated carbocycles. The van der Waals surface area contributed by atoms with Crippen LogP contribution in [0.4, 0.5) is 4.79 Å². The molecule has 126 valence electrons. The summed E-state index contributed by atoms with van der Waals surface area (Å²) < 4.78 is 0. The van der Waals surface area contributed by atoms with Crippen molar-refractivity contribution < 1.29 is 9.90 Å². The third-order valence-corrected chi connectivity index (χ3v) is 5.42. The summed E-state index contributed by atoms with van der Waals surface area (Å²) in [6.07, 6.45) is 5.98. The molecule has 0 unspecified atom stereocenters. The van der Waals surface area contributed by atoms with Crippen LogP contribution in [-0.2, 0) is 19.4 Å². The van der Waals surface area contributed by atoms with E-state index in [0.29, 0.717) is 11.0 Å². The highest BCUT2D eigenvalue weighted by Crippen LogP contribution is 2.36. The number of aromatic nitrogens is 2. The number of rotatable bonds is 3. The van der Waals surface area contributed by atoms with Gasteiger partial charge < -0.3 is 5.11 Å². The van der Waals surface area contributed by atoms with Crippen molar-refractivity contribution in [2.45, 2.75) is 71.4 Å². The van der Waals surface area contributed by atoms with Gasteiger partial charge in [0.2, 0.25) is 0 Å². The first kappa shape index (κ1) is 16.5. The first-order valence-electron chi connectivity index (χ1n) is 8.39. The zero-order valence-corrected chi connectivity index (χ0v) is 14.6. The molecule has 1 heterocycles. The van der Waals surface area contributed by atoms with Crippen molar-refractivity contribution in [3.8, 4) is 0 Å². The zero-order chi connectivity index (χ0) is 16.6. The molecule has 2 aliphatic carbocycles. The van der Waals surface area contributed by atoms with E-state index in [0.717, 1.165) is 56.2 Å². The van der Waals surface area contributed by atoms with Crippen molar-refractivity contribution in [3.05, 3.63) is 22.2 Å². The second-order valence-corrected chi connectivity index (χ2v) is 7.90. The molecule has 0 radical (unpaired) electrons. The van der Waals surface area contributed by atoms with Gasteiger partial charge in [0.15, 0.2) is 0 Å². The lowest BCUT2D eigenvalue weighted by molar-refractivity contribution is 0.119. The highest BCUT2D eigenvalue weighted by molar-refractivity contribution is 6.30. The molecule has 1 aromatic rings. The molecule has 0 saturated heterocycles. The van der Waals surface area contributed by atoms with E-state index in [2.05, 4.69) is 23.8 Å². The minimum atomic E-state index is -0.893. The Hall–Kier alpha value is -1.36. The van der Waals surface area contributed by atoms with Gasteiger partial charge in [0.05, 0.1) is 6.54 Å². The normalized spacial score (nSPS) is 20.3. The number of carboxylic acid groups (broad SMARTS) is 1. The van der Waals surface area contributed by atoms with Crippen molar-refractivity contribution in [3.63, 3.8) is 0 Å². The smallest absolute Gasteiger partial charge is 0.407 e. The van der Waals surface area contributed by atoms with E-state index >= 15 is 0 Å². The van der Waals surface area contributed by atoms with Crippen LogP contribution in [0, 0.1) is 5.41 Å². The first-order chi connectivity index (χ1) is 10.9. The van der Waals surface area contributed by atoms with Crippen LogP contribution < -0.4 is 0 Å². The quantitative estimate of drug-likeness (QED) is 0.844. The molecule has 3 rings (SSSR count). The maximum absolute atomic E-state index is 11.6. The monoisotopic (exact) mass is 337 g/mol. The molecule has 1 amide bonds. The molecule has 2 aliphatic rings. The molecule has 0 aliphatic heterocycles. The molecule has 0 atom stereocenters. The van der Waals surface area contributed by atoms with Crippen LogP contribution in [0.5, 0.6) is 0 Å². The van der Waals surface area contributed by atoms with E-state index in [1.807, 2.05) is 0 Å². The SMILES string of the molecule is CC1(C)CCc2nc(CN(C(=O)O)C3CCCC3)nc(Cl)c2C1. The first-order valence-corrected chi connectivity index (χ1v) is 8.77. The van der Waals surface area contributed by atoms with Crippen LogP contribution in [0.15, 0.2) is 0 Å². The number of carbonyl (C=O) groups is 1. The second-order valence-electron chi connectivity index (χ2n) is 7.55. The van der Waals surface area contributed by atoms with Crippen molar-refractivity contribution in [1.82, 2.24) is 14.9 Å². The topological polar surface area (TPSA) is 66.3 Å². The molecule has 0 bridgehead atoms. The lowest BCUT2D eigenvalue weighted by Crippen LogP contribution is -2.38. The zero-order valence-electron chi connectivity index (χ0n) is 13.8. The molecule has 5 nitrogen and oxygen atoms in total. The van der Waals surface area contributed by atoms with Gasteiger partial charge in [-0.05, 0) is 37.5 Å². The Balaban J connectivity index is 1.83. The van der Waals surface area contributed by atoms with Crippen molar-refractivity contribution in [1.29, 1.82) is 0 Å². The van der Waals surface area contributed by atoms with Crippen LogP contribution in [0.2, 0.25) is 5.15 Å². The number of aryl methyl sites for hydroxylation is 1. The summed E-state index contributed by atoms with van der Waals surface area (Å²) in [4.78, 5) is 22.1. The maximum Gasteiger partial charge on any atom is 0.407 e. The number of hydrogen-bond acceptors (Lipinski definition) is 3. The molecule has 6 heteroatoms. The summed E-state index contributed by atoms with van der Waals surface area (Å²) in [5.74, 6) is 0.530. The fourth-order valence-corrected chi connectivity index (χ4v) is 4.02. The Morgan fingerprint density at radius 1 is 1.35 bits per heavy atom. The van der Waals surface area contributed by atoms with Gasteiger partial charge >= 0.3 is 6.09 Å². The molecule has 0 spiro atoms. The van der Waals surface area contributed by atoms with Gasteiger partial charge in [0.25, 0.3) is 0 Å². The number of fused-ring (bicyclic) bond motifs is 1. The Kier molecular flexibility index (Phi) is 4.50. The third kappa shape index (κ3) is 3.60. The fourth-order valence-electron chi connectivity index (χ4n) is 3.75. The van der Waals surface area contributed by atoms with Crippen molar-refractivity contribution in [2.75, 3.05) is 0 Å². The summed E-state index contributed by atoms with van der Waals surface area (Å²) in [6.45, 7) is 4.69. The largest absolute Gasteiger partial charge is 0.465 e. The van der Waals surface area contributed by atoms with E-state index in [1.54, 1.807) is 0 Å². The number of hydrogen-bond donors (Lipinski definition) is 1. The van der Waals surface area contributed by atoms with Crippen LogP contribution in [0.25, 0.3) is 0 Å². The van der Waals surface area contributed by atoms with Gasteiger partial charge in [-0.1, -0.05) is 38.3 Å².